The van der Waals surface area contributed by atoms with Gasteiger partial charge in [-0.15, -0.1) is 0 Å². The molecule has 0 N–H and O–H groups in total. The minimum absolute atomic E-state index is 0.0116. The number of fused-ring (bicyclic) bond motifs is 1. The van der Waals surface area contributed by atoms with E-state index in [1.54, 1.807) is 41.5 Å². The molecule has 0 saturated heterocycles. The predicted molar refractivity (Wildman–Crippen MR) is 143 cm³/mol. The molecular weight excluding hydrogens is 472 g/mol. The minimum atomic E-state index is -0.939. The molecule has 198 valence electrons. The molecule has 0 aliphatic rings. The fraction of sp³-hybridized carbons (Fsp3) is 0.464. The average Bonchev–Trinajstić information content (AvgIpc) is 3.10. The Hall–Kier alpha value is -3.75. The lowest BCUT2D eigenvalue weighted by atomic mass is 10.0. The number of ether oxygens (including phenoxy) is 2. The Morgan fingerprint density at radius 1 is 0.973 bits per heavy atom. The molecule has 0 aliphatic carbocycles. The van der Waals surface area contributed by atoms with Gasteiger partial charge in [0.05, 0.1) is 11.1 Å². The monoisotopic (exact) mass is 508 g/mol. The lowest BCUT2D eigenvalue weighted by Crippen LogP contribution is -2.44. The molecule has 0 aliphatic heterocycles. The summed E-state index contributed by atoms with van der Waals surface area (Å²) in [5, 5.41) is 0.390. The second-order valence-corrected chi connectivity index (χ2v) is 10.9. The van der Waals surface area contributed by atoms with Crippen molar-refractivity contribution in [2.45, 2.75) is 86.0 Å². The maximum Gasteiger partial charge on any atom is 0.425 e. The summed E-state index contributed by atoms with van der Waals surface area (Å²) in [6.07, 6.45) is 1.88. The van der Waals surface area contributed by atoms with Gasteiger partial charge in [-0.2, -0.15) is 4.90 Å². The number of aldehydes is 1. The molecule has 0 saturated carbocycles. The van der Waals surface area contributed by atoms with Crippen molar-refractivity contribution >= 4 is 35.3 Å². The first kappa shape index (κ1) is 27.8. The number of unbranched alkanes of at least 4 members (excludes halogenated alkanes) is 1. The Bertz CT molecular complexity index is 1270. The van der Waals surface area contributed by atoms with Gasteiger partial charge in [-0.1, -0.05) is 43.2 Å². The van der Waals surface area contributed by atoms with Crippen LogP contribution >= 0.6 is 0 Å². The van der Waals surface area contributed by atoms with Gasteiger partial charge in [0.2, 0.25) is 0 Å². The summed E-state index contributed by atoms with van der Waals surface area (Å²) in [6, 6.07) is 7.65. The van der Waals surface area contributed by atoms with Crippen LogP contribution in [0.5, 0.6) is 0 Å². The highest BCUT2D eigenvalue weighted by Crippen LogP contribution is 2.39. The van der Waals surface area contributed by atoms with E-state index in [1.165, 1.54) is 6.33 Å². The number of anilines is 1. The number of hydrogen-bond donors (Lipinski definition) is 0. The number of aryl methyl sites for hydroxylation is 2. The van der Waals surface area contributed by atoms with Gasteiger partial charge in [0.1, 0.15) is 23.2 Å². The van der Waals surface area contributed by atoms with Crippen LogP contribution in [-0.2, 0) is 16.0 Å². The fourth-order valence-electron chi connectivity index (χ4n) is 3.88. The lowest BCUT2D eigenvalue weighted by molar-refractivity contribution is 0.0429. The molecular formula is C28H36N4O5. The van der Waals surface area contributed by atoms with Crippen molar-refractivity contribution in [3.8, 4) is 11.1 Å². The van der Waals surface area contributed by atoms with Crippen LogP contribution in [0.25, 0.3) is 22.2 Å². The summed E-state index contributed by atoms with van der Waals surface area (Å²) in [4.78, 5) is 49.0. The largest absolute Gasteiger partial charge is 0.443 e. The number of imide groups is 1. The van der Waals surface area contributed by atoms with Crippen LogP contribution in [0.1, 0.15) is 77.4 Å². The molecule has 0 bridgehead atoms. The van der Waals surface area contributed by atoms with Crippen molar-refractivity contribution in [3.05, 3.63) is 41.9 Å². The first-order valence-corrected chi connectivity index (χ1v) is 12.4. The summed E-state index contributed by atoms with van der Waals surface area (Å²) in [5.41, 5.74) is 1.38. The van der Waals surface area contributed by atoms with Crippen LogP contribution in [0.15, 0.2) is 30.6 Å². The van der Waals surface area contributed by atoms with E-state index in [2.05, 4.69) is 16.9 Å². The zero-order valence-corrected chi connectivity index (χ0v) is 22.9. The molecule has 3 aromatic rings. The third-order valence-corrected chi connectivity index (χ3v) is 5.41. The smallest absolute Gasteiger partial charge is 0.425 e. The quantitative estimate of drug-likeness (QED) is 0.341. The van der Waals surface area contributed by atoms with Crippen molar-refractivity contribution in [2.24, 2.45) is 0 Å². The Morgan fingerprint density at radius 3 is 2.03 bits per heavy atom. The summed E-state index contributed by atoms with van der Waals surface area (Å²) in [7, 11) is 0. The van der Waals surface area contributed by atoms with Crippen molar-refractivity contribution in [2.75, 3.05) is 4.90 Å². The van der Waals surface area contributed by atoms with Gasteiger partial charge in [-0.3, -0.25) is 4.79 Å². The summed E-state index contributed by atoms with van der Waals surface area (Å²) >= 11 is 0. The molecule has 2 heterocycles. The third kappa shape index (κ3) is 6.34. The second kappa shape index (κ2) is 10.7. The maximum absolute atomic E-state index is 13.4. The molecule has 0 spiro atoms. The summed E-state index contributed by atoms with van der Waals surface area (Å²) < 4.78 is 13.0. The number of carbonyl (C=O) groups excluding carboxylic acids is 3. The highest BCUT2D eigenvalue weighted by atomic mass is 16.6. The normalized spacial score (nSPS) is 11.9. The maximum atomic E-state index is 13.4. The molecule has 0 radical (unpaired) electrons. The zero-order valence-electron chi connectivity index (χ0n) is 22.9. The Balaban J connectivity index is 2.40. The van der Waals surface area contributed by atoms with Gasteiger partial charge >= 0.3 is 12.2 Å². The van der Waals surface area contributed by atoms with Crippen molar-refractivity contribution < 1.29 is 23.9 Å². The number of hydrogen-bond acceptors (Lipinski definition) is 7. The van der Waals surface area contributed by atoms with E-state index >= 15 is 0 Å². The molecule has 9 heteroatoms. The van der Waals surface area contributed by atoms with E-state index in [-0.39, 0.29) is 5.82 Å². The van der Waals surface area contributed by atoms with Gasteiger partial charge in [-0.25, -0.2) is 19.6 Å². The van der Waals surface area contributed by atoms with Crippen LogP contribution in [0.2, 0.25) is 0 Å². The van der Waals surface area contributed by atoms with Gasteiger partial charge in [0.15, 0.2) is 12.1 Å². The Kier molecular flexibility index (Phi) is 8.05. The molecule has 0 fully saturated rings. The fourth-order valence-corrected chi connectivity index (χ4v) is 3.88. The van der Waals surface area contributed by atoms with E-state index < -0.39 is 23.4 Å². The van der Waals surface area contributed by atoms with E-state index in [4.69, 9.17) is 9.47 Å². The van der Waals surface area contributed by atoms with Crippen LogP contribution < -0.4 is 4.90 Å². The van der Waals surface area contributed by atoms with Crippen LogP contribution in [0, 0.1) is 6.92 Å². The van der Waals surface area contributed by atoms with Crippen molar-refractivity contribution in [1.82, 2.24) is 14.5 Å². The van der Waals surface area contributed by atoms with Crippen molar-refractivity contribution in [3.63, 3.8) is 0 Å². The molecule has 37 heavy (non-hydrogen) atoms. The van der Waals surface area contributed by atoms with E-state index in [0.29, 0.717) is 28.8 Å². The molecule has 3 rings (SSSR count). The van der Waals surface area contributed by atoms with Crippen molar-refractivity contribution in [1.29, 1.82) is 0 Å². The number of rotatable bonds is 6. The molecule has 2 aromatic heterocycles. The van der Waals surface area contributed by atoms with Crippen LogP contribution in [0.4, 0.5) is 15.4 Å². The predicted octanol–water partition coefficient (Wildman–Crippen LogP) is 6.70. The lowest BCUT2D eigenvalue weighted by Gasteiger charge is -2.28. The van der Waals surface area contributed by atoms with Crippen LogP contribution in [-0.4, -0.2) is 44.2 Å². The molecule has 0 unspecified atom stereocenters. The SMILES string of the molecule is CCCCn1c(C=O)c(-c2ccc(C)cc2)c2c(N(C(=O)OC(C)(C)C)C(=O)OC(C)(C)C)ncnc21. The Morgan fingerprint density at radius 2 is 1.54 bits per heavy atom. The number of nitrogens with zero attached hydrogens (tertiary/aromatic N) is 4. The molecule has 0 atom stereocenters. The molecule has 1 aromatic carbocycles. The van der Waals surface area contributed by atoms with Gasteiger partial charge in [0.25, 0.3) is 0 Å². The van der Waals surface area contributed by atoms with E-state index in [0.717, 1.165) is 35.2 Å². The standard InChI is InChI=1S/C28H36N4O5/c1-9-10-15-31-20(16-33)21(19-13-11-18(2)12-14-19)22-23(31)29-17-30-24(22)32(25(34)36-27(3,4)5)26(35)37-28(6,7)8/h11-14,16-17H,9-10,15H2,1-8H3. The topological polar surface area (TPSA) is 104 Å². The van der Waals surface area contributed by atoms with Gasteiger partial charge in [0, 0.05) is 12.1 Å². The van der Waals surface area contributed by atoms with Gasteiger partial charge < -0.3 is 14.0 Å². The second-order valence-electron chi connectivity index (χ2n) is 10.9. The first-order chi connectivity index (χ1) is 17.3. The van der Waals surface area contributed by atoms with E-state index in [9.17, 15) is 14.4 Å². The highest BCUT2D eigenvalue weighted by molar-refractivity contribution is 6.17. The number of benzene rings is 1. The zero-order chi connectivity index (χ0) is 27.5. The average molecular weight is 509 g/mol. The molecule has 2 amide bonds. The number of amides is 2. The third-order valence-electron chi connectivity index (χ3n) is 5.41. The highest BCUT2D eigenvalue weighted by Gasteiger charge is 2.36. The number of aromatic nitrogens is 3. The summed E-state index contributed by atoms with van der Waals surface area (Å²) in [6.45, 7) is 14.8. The van der Waals surface area contributed by atoms with Crippen LogP contribution in [0.3, 0.4) is 0 Å². The Labute approximate surface area is 217 Å². The van der Waals surface area contributed by atoms with E-state index in [1.807, 2.05) is 35.8 Å². The first-order valence-electron chi connectivity index (χ1n) is 12.4. The van der Waals surface area contributed by atoms with Gasteiger partial charge in [-0.05, 0) is 60.5 Å². The number of carbonyl (C=O) groups is 3. The summed E-state index contributed by atoms with van der Waals surface area (Å²) in [5.74, 6) is -0.0116. The minimum Gasteiger partial charge on any atom is -0.443 e. The molecule has 9 nitrogen and oxygen atoms in total.